The van der Waals surface area contributed by atoms with E-state index in [1.54, 1.807) is 39.2 Å². The molecule has 9 heteroatoms. The quantitative estimate of drug-likeness (QED) is 0.382. The Morgan fingerprint density at radius 3 is 2.55 bits per heavy atom. The molecule has 0 radical (unpaired) electrons. The van der Waals surface area contributed by atoms with Crippen LogP contribution in [0.25, 0.3) is 16.8 Å². The van der Waals surface area contributed by atoms with Crippen molar-refractivity contribution in [2.45, 2.75) is 19.9 Å². The van der Waals surface area contributed by atoms with Gasteiger partial charge in [0.1, 0.15) is 11.8 Å². The Morgan fingerprint density at radius 2 is 1.84 bits per heavy atom. The van der Waals surface area contributed by atoms with Gasteiger partial charge in [0.15, 0.2) is 16.3 Å². The first-order valence-electron chi connectivity index (χ1n) is 12.0. The lowest BCUT2D eigenvalue weighted by Gasteiger charge is -2.27. The van der Waals surface area contributed by atoms with Crippen molar-refractivity contribution < 1.29 is 24.1 Å². The summed E-state index contributed by atoms with van der Waals surface area (Å²) in [5.41, 5.74) is 1.73. The van der Waals surface area contributed by atoms with E-state index in [-0.39, 0.29) is 23.5 Å². The number of aromatic hydroxyl groups is 1. The van der Waals surface area contributed by atoms with Crippen LogP contribution in [-0.4, -0.2) is 36.5 Å². The highest BCUT2D eigenvalue weighted by Gasteiger charge is 2.36. The molecule has 1 aliphatic rings. The van der Waals surface area contributed by atoms with Crippen LogP contribution in [0.3, 0.4) is 0 Å². The van der Waals surface area contributed by atoms with E-state index in [2.05, 4.69) is 4.99 Å². The summed E-state index contributed by atoms with van der Waals surface area (Å²) in [6, 6.07) is 15.6. The number of fused-ring (bicyclic) bond motifs is 2. The Morgan fingerprint density at radius 1 is 1.11 bits per heavy atom. The molecule has 5 rings (SSSR count). The number of rotatable bonds is 6. The number of thiazole rings is 1. The number of allylic oxidation sites excluding steroid dienone is 1. The van der Waals surface area contributed by atoms with Gasteiger partial charge in [-0.25, -0.2) is 9.79 Å². The molecule has 3 aromatic carbocycles. The lowest BCUT2D eigenvalue weighted by molar-refractivity contribution is -0.139. The number of carbonyl (C=O) groups excluding carboxylic acids is 1. The Hall–Kier alpha value is -4.37. The molecule has 1 aliphatic heterocycles. The maximum atomic E-state index is 14.0. The van der Waals surface area contributed by atoms with Crippen LogP contribution < -0.4 is 24.4 Å². The van der Waals surface area contributed by atoms with Gasteiger partial charge in [-0.2, -0.15) is 0 Å². The summed E-state index contributed by atoms with van der Waals surface area (Å²) in [5, 5.41) is 12.0. The van der Waals surface area contributed by atoms with Crippen LogP contribution in [0.5, 0.6) is 17.2 Å². The third kappa shape index (κ3) is 4.24. The second-order valence-electron chi connectivity index (χ2n) is 8.64. The molecule has 38 heavy (non-hydrogen) atoms. The van der Waals surface area contributed by atoms with Gasteiger partial charge in [0.25, 0.3) is 5.56 Å². The predicted molar refractivity (Wildman–Crippen MR) is 146 cm³/mol. The van der Waals surface area contributed by atoms with Crippen LogP contribution in [0.4, 0.5) is 0 Å². The Kier molecular flexibility index (Phi) is 6.77. The van der Waals surface area contributed by atoms with Crippen molar-refractivity contribution in [3.63, 3.8) is 0 Å². The van der Waals surface area contributed by atoms with E-state index in [4.69, 9.17) is 14.2 Å². The number of ether oxygens (including phenoxy) is 3. The molecule has 1 atom stereocenters. The number of nitrogens with zero attached hydrogens (tertiary/aromatic N) is 2. The zero-order chi connectivity index (χ0) is 27.0. The number of hydrogen-bond acceptors (Lipinski definition) is 8. The first-order valence-corrected chi connectivity index (χ1v) is 12.8. The van der Waals surface area contributed by atoms with Gasteiger partial charge < -0.3 is 19.3 Å². The summed E-state index contributed by atoms with van der Waals surface area (Å²) in [6.45, 7) is 3.66. The minimum absolute atomic E-state index is 0.0344. The average molecular weight is 531 g/mol. The molecule has 0 unspecified atom stereocenters. The predicted octanol–water partition coefficient (Wildman–Crippen LogP) is 3.67. The van der Waals surface area contributed by atoms with Gasteiger partial charge in [-0.1, -0.05) is 47.7 Å². The van der Waals surface area contributed by atoms with E-state index in [1.807, 2.05) is 36.4 Å². The maximum Gasteiger partial charge on any atom is 0.338 e. The van der Waals surface area contributed by atoms with Crippen molar-refractivity contribution in [2.75, 3.05) is 20.8 Å². The molecule has 0 amide bonds. The normalized spacial score (nSPS) is 15.3. The highest BCUT2D eigenvalue weighted by Crippen LogP contribution is 2.40. The number of phenols is 1. The van der Waals surface area contributed by atoms with Crippen LogP contribution in [0.2, 0.25) is 0 Å². The molecule has 0 saturated carbocycles. The second-order valence-corrected chi connectivity index (χ2v) is 9.65. The molecule has 1 aromatic heterocycles. The lowest BCUT2D eigenvalue weighted by atomic mass is 9.90. The summed E-state index contributed by atoms with van der Waals surface area (Å²) in [7, 11) is 3.03. The largest absolute Gasteiger partial charge is 0.504 e. The van der Waals surface area contributed by atoms with Crippen LogP contribution >= 0.6 is 11.3 Å². The van der Waals surface area contributed by atoms with E-state index in [0.717, 1.165) is 10.8 Å². The number of carbonyl (C=O) groups is 1. The Labute approximate surface area is 222 Å². The van der Waals surface area contributed by atoms with Gasteiger partial charge in [-0.05, 0) is 54.5 Å². The highest BCUT2D eigenvalue weighted by atomic mass is 32.1. The molecule has 2 heterocycles. The zero-order valence-corrected chi connectivity index (χ0v) is 22.2. The fourth-order valence-electron chi connectivity index (χ4n) is 4.75. The van der Waals surface area contributed by atoms with E-state index >= 15 is 0 Å². The molecular weight excluding hydrogens is 504 g/mol. The smallest absolute Gasteiger partial charge is 0.338 e. The van der Waals surface area contributed by atoms with Crippen molar-refractivity contribution in [3.8, 4) is 17.2 Å². The van der Waals surface area contributed by atoms with Crippen LogP contribution in [0.15, 0.2) is 75.7 Å². The van der Waals surface area contributed by atoms with E-state index in [0.29, 0.717) is 37.7 Å². The van der Waals surface area contributed by atoms with Gasteiger partial charge in [-0.3, -0.25) is 9.36 Å². The minimum Gasteiger partial charge on any atom is -0.504 e. The fraction of sp³-hybridized carbons (Fsp3) is 0.207. The first kappa shape index (κ1) is 25.3. The molecule has 0 saturated heterocycles. The van der Waals surface area contributed by atoms with Crippen molar-refractivity contribution in [1.82, 2.24) is 4.57 Å². The van der Waals surface area contributed by atoms with E-state index in [1.165, 1.54) is 29.1 Å². The average Bonchev–Trinajstić information content (AvgIpc) is 3.21. The molecule has 0 aliphatic carbocycles. The molecule has 0 bridgehead atoms. The SMILES string of the molecule is CCOC(=O)C1=C(C)N=c2s/c(=C\c3ccc(OC)c(O)c3)c(=O)n2[C@@H]1c1c(OC)ccc2ccccc12. The molecule has 0 spiro atoms. The summed E-state index contributed by atoms with van der Waals surface area (Å²) in [5.74, 6) is 0.303. The van der Waals surface area contributed by atoms with Gasteiger partial charge in [0.2, 0.25) is 0 Å². The number of esters is 1. The summed E-state index contributed by atoms with van der Waals surface area (Å²) < 4.78 is 18.2. The molecule has 1 N–H and O–H groups in total. The van der Waals surface area contributed by atoms with Crippen LogP contribution in [-0.2, 0) is 9.53 Å². The summed E-state index contributed by atoms with van der Waals surface area (Å²) in [6.07, 6.45) is 1.68. The standard InChI is InChI=1S/C29H26N2O6S/c1-5-37-28(34)24-16(2)30-29-31(26(24)25-19-9-7-6-8-18(19)11-13-22(25)36-4)27(33)23(38-29)15-17-10-12-21(35-3)20(32)14-17/h6-15,26,32H,5H2,1-4H3/b23-15-/t26-/m0/s1. The van der Waals surface area contributed by atoms with Crippen molar-refractivity contribution in [1.29, 1.82) is 0 Å². The minimum atomic E-state index is -0.822. The Bertz CT molecular complexity index is 1780. The van der Waals surface area contributed by atoms with Crippen LogP contribution in [0, 0.1) is 0 Å². The summed E-state index contributed by atoms with van der Waals surface area (Å²) >= 11 is 1.21. The molecule has 4 aromatic rings. The highest BCUT2D eigenvalue weighted by molar-refractivity contribution is 7.07. The molecule has 0 fully saturated rings. The fourth-order valence-corrected chi connectivity index (χ4v) is 5.80. The second kappa shape index (κ2) is 10.2. The van der Waals surface area contributed by atoms with Gasteiger partial charge in [-0.15, -0.1) is 0 Å². The molecule has 194 valence electrons. The van der Waals surface area contributed by atoms with Gasteiger partial charge >= 0.3 is 5.97 Å². The van der Waals surface area contributed by atoms with Crippen LogP contribution in [0.1, 0.15) is 31.0 Å². The number of methoxy groups -OCH3 is 2. The number of aromatic nitrogens is 1. The third-order valence-electron chi connectivity index (χ3n) is 6.44. The molecule has 8 nitrogen and oxygen atoms in total. The van der Waals surface area contributed by atoms with E-state index in [9.17, 15) is 14.7 Å². The van der Waals surface area contributed by atoms with Gasteiger partial charge in [0.05, 0.1) is 36.6 Å². The van der Waals surface area contributed by atoms with Crippen molar-refractivity contribution >= 4 is 34.2 Å². The van der Waals surface area contributed by atoms with Crippen molar-refractivity contribution in [3.05, 3.63) is 96.7 Å². The number of hydrogen-bond donors (Lipinski definition) is 1. The lowest BCUT2D eigenvalue weighted by Crippen LogP contribution is -2.40. The van der Waals surface area contributed by atoms with Gasteiger partial charge in [0, 0.05) is 5.56 Å². The maximum absolute atomic E-state index is 14.0. The topological polar surface area (TPSA) is 99.4 Å². The van der Waals surface area contributed by atoms with E-state index < -0.39 is 12.0 Å². The number of benzene rings is 3. The Balaban J connectivity index is 1.82. The number of phenolic OH excluding ortho intramolecular Hbond substituents is 1. The third-order valence-corrected chi connectivity index (χ3v) is 7.42. The molecular formula is C29H26N2O6S. The zero-order valence-electron chi connectivity index (χ0n) is 21.3. The monoisotopic (exact) mass is 530 g/mol. The van der Waals surface area contributed by atoms with Crippen molar-refractivity contribution in [2.24, 2.45) is 4.99 Å². The first-order chi connectivity index (χ1) is 18.4. The summed E-state index contributed by atoms with van der Waals surface area (Å²) in [4.78, 5) is 32.4.